The largest absolute Gasteiger partial charge is 0.381 e. The Morgan fingerprint density at radius 3 is 2.94 bits per heavy atom. The molecule has 1 aliphatic carbocycles. The van der Waals surface area contributed by atoms with Crippen LogP contribution in [0.15, 0.2) is 36.7 Å². The van der Waals surface area contributed by atoms with Crippen molar-refractivity contribution in [3.05, 3.63) is 41.7 Å². The zero-order valence-electron chi connectivity index (χ0n) is 8.73. The third-order valence-corrected chi connectivity index (χ3v) is 2.88. The number of nitrogens with zero attached hydrogens (tertiary/aromatic N) is 2. The molecule has 4 heteroatoms. The first-order chi connectivity index (χ1) is 7.83. The lowest BCUT2D eigenvalue weighted by Gasteiger charge is -2.11. The Labute approximate surface area is 99.0 Å². The van der Waals surface area contributed by atoms with Crippen molar-refractivity contribution in [1.29, 1.82) is 0 Å². The maximum Gasteiger partial charge on any atom is 0.0877 e. The van der Waals surface area contributed by atoms with Crippen molar-refractivity contribution in [3.63, 3.8) is 0 Å². The summed E-state index contributed by atoms with van der Waals surface area (Å²) in [7, 11) is 0. The molecule has 1 aromatic heterocycles. The van der Waals surface area contributed by atoms with Crippen LogP contribution < -0.4 is 5.32 Å². The zero-order chi connectivity index (χ0) is 11.0. The fraction of sp³-hybridized carbons (Fsp3) is 0.250. The Morgan fingerprint density at radius 1 is 1.38 bits per heavy atom. The molecule has 2 aromatic rings. The van der Waals surface area contributed by atoms with Gasteiger partial charge in [0.2, 0.25) is 0 Å². The van der Waals surface area contributed by atoms with E-state index in [0.717, 1.165) is 16.4 Å². The van der Waals surface area contributed by atoms with Crippen LogP contribution in [-0.2, 0) is 0 Å². The number of halogens is 1. The van der Waals surface area contributed by atoms with E-state index in [-0.39, 0.29) is 0 Å². The number of rotatable bonds is 3. The second-order valence-electron chi connectivity index (χ2n) is 4.03. The highest BCUT2D eigenvalue weighted by molar-refractivity contribution is 6.31. The molecule has 0 aliphatic heterocycles. The third kappa shape index (κ3) is 1.91. The maximum atomic E-state index is 6.01. The van der Waals surface area contributed by atoms with Crippen LogP contribution >= 0.6 is 11.6 Å². The minimum atomic E-state index is 0.604. The highest BCUT2D eigenvalue weighted by atomic mass is 35.5. The molecule has 0 spiro atoms. The summed E-state index contributed by atoms with van der Waals surface area (Å²) in [6, 6.07) is 8.34. The number of hydrogen-bond donors (Lipinski definition) is 1. The molecule has 1 saturated carbocycles. The van der Waals surface area contributed by atoms with Gasteiger partial charge >= 0.3 is 0 Å². The summed E-state index contributed by atoms with van der Waals surface area (Å²) in [5.74, 6) is 0. The second-order valence-corrected chi connectivity index (χ2v) is 4.47. The van der Waals surface area contributed by atoms with E-state index in [1.807, 2.05) is 35.1 Å². The molecule has 16 heavy (non-hydrogen) atoms. The summed E-state index contributed by atoms with van der Waals surface area (Å²) in [6.07, 6.45) is 6.19. The van der Waals surface area contributed by atoms with Crippen molar-refractivity contribution in [3.8, 4) is 5.69 Å². The van der Waals surface area contributed by atoms with Crippen molar-refractivity contribution in [2.75, 3.05) is 5.32 Å². The first-order valence-electron chi connectivity index (χ1n) is 5.39. The fourth-order valence-electron chi connectivity index (χ4n) is 1.68. The van der Waals surface area contributed by atoms with Gasteiger partial charge in [0.1, 0.15) is 0 Å². The van der Waals surface area contributed by atoms with E-state index in [1.54, 1.807) is 6.20 Å². The molecule has 82 valence electrons. The molecule has 1 heterocycles. The van der Waals surface area contributed by atoms with Crippen LogP contribution in [0.4, 0.5) is 5.69 Å². The van der Waals surface area contributed by atoms with Crippen LogP contribution in [-0.4, -0.2) is 15.8 Å². The summed E-state index contributed by atoms with van der Waals surface area (Å²) >= 11 is 6.01. The topological polar surface area (TPSA) is 29.9 Å². The summed E-state index contributed by atoms with van der Waals surface area (Å²) in [6.45, 7) is 0. The molecular weight excluding hydrogens is 222 g/mol. The maximum absolute atomic E-state index is 6.01. The minimum absolute atomic E-state index is 0.604. The number of aromatic nitrogens is 2. The average molecular weight is 234 g/mol. The number of benzene rings is 1. The Balaban J connectivity index is 2.01. The first-order valence-corrected chi connectivity index (χ1v) is 5.77. The van der Waals surface area contributed by atoms with Crippen LogP contribution in [0, 0.1) is 0 Å². The smallest absolute Gasteiger partial charge is 0.0877 e. The molecule has 0 unspecified atom stereocenters. The van der Waals surface area contributed by atoms with Crippen LogP contribution in [0.2, 0.25) is 5.02 Å². The normalized spacial score (nSPS) is 15.1. The molecule has 1 aromatic carbocycles. The van der Waals surface area contributed by atoms with E-state index >= 15 is 0 Å². The quantitative estimate of drug-likeness (QED) is 0.883. The van der Waals surface area contributed by atoms with Crippen molar-refractivity contribution in [2.45, 2.75) is 18.9 Å². The lowest BCUT2D eigenvalue weighted by Crippen LogP contribution is -2.06. The van der Waals surface area contributed by atoms with Crippen molar-refractivity contribution in [2.24, 2.45) is 0 Å². The zero-order valence-corrected chi connectivity index (χ0v) is 9.48. The Bertz CT molecular complexity index is 489. The first kappa shape index (κ1) is 9.73. The summed E-state index contributed by atoms with van der Waals surface area (Å²) in [4.78, 5) is 0. The third-order valence-electron chi connectivity index (χ3n) is 2.65. The van der Waals surface area contributed by atoms with Gasteiger partial charge in [0.25, 0.3) is 0 Å². The Kier molecular flexibility index (Phi) is 2.33. The van der Waals surface area contributed by atoms with E-state index in [1.165, 1.54) is 12.8 Å². The lowest BCUT2D eigenvalue weighted by atomic mass is 10.2. The van der Waals surface area contributed by atoms with E-state index in [0.29, 0.717) is 6.04 Å². The standard InChI is InChI=1S/C12H12ClN3/c13-9-2-5-12(16-7-1-6-14-16)11(8-9)15-10-3-4-10/h1-2,5-8,10,15H,3-4H2. The van der Waals surface area contributed by atoms with E-state index < -0.39 is 0 Å². The molecule has 3 rings (SSSR count). The summed E-state index contributed by atoms with van der Waals surface area (Å²) in [5.41, 5.74) is 2.10. The highest BCUT2D eigenvalue weighted by Crippen LogP contribution is 2.30. The van der Waals surface area contributed by atoms with Gasteiger partial charge in [-0.25, -0.2) is 4.68 Å². The van der Waals surface area contributed by atoms with Gasteiger partial charge in [0.05, 0.1) is 11.4 Å². The molecule has 1 aliphatic rings. The molecule has 1 N–H and O–H groups in total. The van der Waals surface area contributed by atoms with Gasteiger partial charge in [-0.2, -0.15) is 5.10 Å². The van der Waals surface area contributed by atoms with E-state index in [4.69, 9.17) is 11.6 Å². The summed E-state index contributed by atoms with van der Waals surface area (Å²) < 4.78 is 1.85. The van der Waals surface area contributed by atoms with Crippen molar-refractivity contribution < 1.29 is 0 Å². The molecule has 0 bridgehead atoms. The molecule has 1 fully saturated rings. The Morgan fingerprint density at radius 2 is 2.25 bits per heavy atom. The van der Waals surface area contributed by atoms with Gasteiger partial charge in [-0.1, -0.05) is 11.6 Å². The van der Waals surface area contributed by atoms with E-state index in [9.17, 15) is 0 Å². The number of hydrogen-bond acceptors (Lipinski definition) is 2. The van der Waals surface area contributed by atoms with Gasteiger partial charge in [0, 0.05) is 23.5 Å². The van der Waals surface area contributed by atoms with Gasteiger partial charge in [0.15, 0.2) is 0 Å². The second kappa shape index (κ2) is 3.83. The molecular formula is C12H12ClN3. The van der Waals surface area contributed by atoms with Crippen LogP contribution in [0.1, 0.15) is 12.8 Å². The SMILES string of the molecule is Clc1ccc(-n2cccn2)c(NC2CC2)c1. The predicted octanol–water partition coefficient (Wildman–Crippen LogP) is 3.10. The van der Waals surface area contributed by atoms with Crippen LogP contribution in [0.5, 0.6) is 0 Å². The van der Waals surface area contributed by atoms with Gasteiger partial charge in [-0.3, -0.25) is 0 Å². The minimum Gasteiger partial charge on any atom is -0.381 e. The number of nitrogens with one attached hydrogen (secondary N) is 1. The molecule has 0 saturated heterocycles. The molecule has 0 radical (unpaired) electrons. The highest BCUT2D eigenvalue weighted by Gasteiger charge is 2.22. The van der Waals surface area contributed by atoms with E-state index in [2.05, 4.69) is 10.4 Å². The average Bonchev–Trinajstić information content (AvgIpc) is 2.92. The van der Waals surface area contributed by atoms with Gasteiger partial charge < -0.3 is 5.32 Å². The fourth-order valence-corrected chi connectivity index (χ4v) is 1.85. The molecule has 0 atom stereocenters. The number of anilines is 1. The van der Waals surface area contributed by atoms with Crippen molar-refractivity contribution in [1.82, 2.24) is 9.78 Å². The predicted molar refractivity (Wildman–Crippen MR) is 65.2 cm³/mol. The molecule has 0 amide bonds. The van der Waals surface area contributed by atoms with Gasteiger partial charge in [-0.15, -0.1) is 0 Å². The monoisotopic (exact) mass is 233 g/mol. The van der Waals surface area contributed by atoms with Crippen molar-refractivity contribution >= 4 is 17.3 Å². The van der Waals surface area contributed by atoms with Gasteiger partial charge in [-0.05, 0) is 37.1 Å². The Hall–Kier alpha value is -1.48. The molecule has 3 nitrogen and oxygen atoms in total. The summed E-state index contributed by atoms with van der Waals surface area (Å²) in [5, 5.41) is 8.46. The van der Waals surface area contributed by atoms with Crippen LogP contribution in [0.3, 0.4) is 0 Å². The van der Waals surface area contributed by atoms with Crippen LogP contribution in [0.25, 0.3) is 5.69 Å². The lowest BCUT2D eigenvalue weighted by molar-refractivity contribution is 0.879.